The van der Waals surface area contributed by atoms with Gasteiger partial charge in [-0.3, -0.25) is 9.59 Å². The summed E-state index contributed by atoms with van der Waals surface area (Å²) >= 11 is 0. The summed E-state index contributed by atoms with van der Waals surface area (Å²) in [4.78, 5) is 28.9. The van der Waals surface area contributed by atoms with Crippen LogP contribution in [0.3, 0.4) is 0 Å². The second kappa shape index (κ2) is 16.9. The van der Waals surface area contributed by atoms with Gasteiger partial charge in [0.2, 0.25) is 15.9 Å². The maximum Gasteiger partial charge on any atom is 0.258 e. The molecule has 260 valence electrons. The zero-order valence-electron chi connectivity index (χ0n) is 28.0. The van der Waals surface area contributed by atoms with E-state index >= 15 is 0 Å². The lowest BCUT2D eigenvalue weighted by atomic mass is 9.88. The maximum atomic E-state index is 14.3. The minimum Gasteiger partial charge on any atom is -0.490 e. The van der Waals surface area contributed by atoms with Gasteiger partial charge >= 0.3 is 0 Å². The van der Waals surface area contributed by atoms with E-state index in [1.807, 2.05) is 13.8 Å². The van der Waals surface area contributed by atoms with Crippen molar-refractivity contribution in [2.75, 3.05) is 38.7 Å². The van der Waals surface area contributed by atoms with Crippen molar-refractivity contribution in [1.29, 1.82) is 0 Å². The Balaban J connectivity index is 1.62. The number of halogens is 1. The van der Waals surface area contributed by atoms with Gasteiger partial charge in [0.15, 0.2) is 0 Å². The van der Waals surface area contributed by atoms with E-state index in [0.29, 0.717) is 24.5 Å². The molecule has 1 aliphatic heterocycles. The highest BCUT2D eigenvalue weighted by molar-refractivity contribution is 7.89. The molecule has 0 saturated heterocycles. The van der Waals surface area contributed by atoms with Crippen LogP contribution < -0.4 is 10.1 Å². The van der Waals surface area contributed by atoms with E-state index < -0.39 is 28.0 Å². The topological polar surface area (TPSA) is 125 Å². The molecule has 47 heavy (non-hydrogen) atoms. The average Bonchev–Trinajstić information content (AvgIpc) is 3.06. The van der Waals surface area contributed by atoms with E-state index in [1.54, 1.807) is 30.0 Å². The standard InChI is InChI=1S/C35H50FN3O7S/c1-24-21-39(25(2)23-40)35(42)31-20-29(37-34(41)27-11-6-5-7-12-27)15-18-32(31)46-26(3)10-8-9-19-45-33(24)22-38(4)47(43,44)30-16-13-28(36)14-17-30/h13-18,20,24-27,33,40H,5-12,19,21-23H2,1-4H3,(H,37,41)/t24-,25+,26-,33+/m1/s1. The normalized spacial score (nSPS) is 23.0. The highest BCUT2D eigenvalue weighted by Crippen LogP contribution is 2.30. The van der Waals surface area contributed by atoms with E-state index in [2.05, 4.69) is 5.32 Å². The lowest BCUT2D eigenvalue weighted by molar-refractivity contribution is -0.120. The number of ether oxygens (including phenoxy) is 2. The molecule has 2 N–H and O–H groups in total. The Labute approximate surface area is 278 Å². The zero-order valence-corrected chi connectivity index (χ0v) is 28.8. The highest BCUT2D eigenvalue weighted by Gasteiger charge is 2.33. The number of anilines is 1. The van der Waals surface area contributed by atoms with Crippen molar-refractivity contribution < 1.29 is 37.0 Å². The van der Waals surface area contributed by atoms with Crippen molar-refractivity contribution in [3.8, 4) is 5.75 Å². The van der Waals surface area contributed by atoms with Crippen LogP contribution in [0.1, 0.15) is 82.5 Å². The summed E-state index contributed by atoms with van der Waals surface area (Å²) in [6, 6.07) is 9.22. The fourth-order valence-corrected chi connectivity index (χ4v) is 7.39. The van der Waals surface area contributed by atoms with Crippen LogP contribution in [-0.2, 0) is 19.6 Å². The molecule has 0 unspecified atom stereocenters. The molecule has 0 spiro atoms. The summed E-state index contributed by atoms with van der Waals surface area (Å²) < 4.78 is 53.9. The molecule has 2 aromatic rings. The second-order valence-corrected chi connectivity index (χ2v) is 15.1. The van der Waals surface area contributed by atoms with Crippen LogP contribution >= 0.6 is 0 Å². The van der Waals surface area contributed by atoms with Gasteiger partial charge in [-0.1, -0.05) is 26.2 Å². The minimum atomic E-state index is -3.94. The number of aliphatic hydroxyl groups is 1. The first-order chi connectivity index (χ1) is 22.4. The van der Waals surface area contributed by atoms with Crippen LogP contribution in [0.5, 0.6) is 5.75 Å². The molecule has 4 atom stereocenters. The maximum absolute atomic E-state index is 14.3. The van der Waals surface area contributed by atoms with Crippen molar-refractivity contribution in [3.05, 3.63) is 53.8 Å². The lowest BCUT2D eigenvalue weighted by Gasteiger charge is -2.35. The van der Waals surface area contributed by atoms with Gasteiger partial charge in [0.1, 0.15) is 11.6 Å². The summed E-state index contributed by atoms with van der Waals surface area (Å²) in [5.74, 6) is -0.968. The number of benzene rings is 2. The first-order valence-electron chi connectivity index (χ1n) is 16.8. The molecule has 1 fully saturated rings. The van der Waals surface area contributed by atoms with Gasteiger partial charge in [0.05, 0.1) is 35.3 Å². The molecule has 1 saturated carbocycles. The number of hydrogen-bond acceptors (Lipinski definition) is 7. The van der Waals surface area contributed by atoms with E-state index in [1.165, 1.54) is 23.5 Å². The number of hydrogen-bond donors (Lipinski definition) is 2. The van der Waals surface area contributed by atoms with E-state index in [-0.39, 0.29) is 59.9 Å². The molecular weight excluding hydrogens is 625 g/mol. The Bertz CT molecular complexity index is 1450. The van der Waals surface area contributed by atoms with E-state index in [9.17, 15) is 27.5 Å². The highest BCUT2D eigenvalue weighted by atomic mass is 32.2. The summed E-state index contributed by atoms with van der Waals surface area (Å²) in [6.07, 6.45) is 6.29. The Morgan fingerprint density at radius 3 is 2.43 bits per heavy atom. The number of carbonyl (C=O) groups is 2. The quantitative estimate of drug-likeness (QED) is 0.381. The predicted molar refractivity (Wildman–Crippen MR) is 178 cm³/mol. The monoisotopic (exact) mass is 675 g/mol. The van der Waals surface area contributed by atoms with Crippen molar-refractivity contribution in [2.45, 2.75) is 95.3 Å². The Kier molecular flexibility index (Phi) is 13.2. The second-order valence-electron chi connectivity index (χ2n) is 13.1. The first kappa shape index (κ1) is 36.8. The fraction of sp³-hybridized carbons (Fsp3) is 0.600. The zero-order chi connectivity index (χ0) is 34.1. The van der Waals surface area contributed by atoms with E-state index in [4.69, 9.17) is 9.47 Å². The number of sulfonamides is 1. The molecule has 1 aliphatic carbocycles. The third kappa shape index (κ3) is 9.74. The molecule has 0 bridgehead atoms. The molecule has 0 aromatic heterocycles. The van der Waals surface area contributed by atoms with Crippen LogP contribution in [0, 0.1) is 17.7 Å². The van der Waals surface area contributed by atoms with Gasteiger partial charge in [0.25, 0.3) is 5.91 Å². The molecule has 2 amide bonds. The average molecular weight is 676 g/mol. The number of nitrogens with one attached hydrogen (secondary N) is 1. The molecule has 10 nitrogen and oxygen atoms in total. The van der Waals surface area contributed by atoms with Gasteiger partial charge in [-0.2, -0.15) is 4.31 Å². The molecular formula is C35H50FN3O7S. The predicted octanol–water partition coefficient (Wildman–Crippen LogP) is 5.46. The molecule has 12 heteroatoms. The van der Waals surface area contributed by atoms with Gasteiger partial charge < -0.3 is 24.8 Å². The molecule has 0 radical (unpaired) electrons. The number of carbonyl (C=O) groups excluding carboxylic acids is 2. The Hall–Kier alpha value is -3.06. The third-order valence-corrected chi connectivity index (χ3v) is 11.1. The van der Waals surface area contributed by atoms with Gasteiger partial charge in [0, 0.05) is 44.3 Å². The molecule has 1 heterocycles. The summed E-state index contributed by atoms with van der Waals surface area (Å²) in [5.41, 5.74) is 0.778. The number of likely N-dealkylation sites (N-methyl/N-ethyl adjacent to an activating group) is 1. The van der Waals surface area contributed by atoms with Crippen LogP contribution in [0.15, 0.2) is 47.4 Å². The third-order valence-electron chi connectivity index (χ3n) is 9.25. The first-order valence-corrected chi connectivity index (χ1v) is 18.2. The number of aliphatic hydroxyl groups excluding tert-OH is 1. The van der Waals surface area contributed by atoms with Gasteiger partial charge in [-0.05, 0) is 88.4 Å². The number of fused-ring (bicyclic) bond motifs is 1. The summed E-state index contributed by atoms with van der Waals surface area (Å²) in [6.45, 7) is 5.82. The van der Waals surface area contributed by atoms with Gasteiger partial charge in [-0.25, -0.2) is 12.8 Å². The van der Waals surface area contributed by atoms with Crippen LogP contribution in [-0.4, -0.2) is 86.1 Å². The van der Waals surface area contributed by atoms with Crippen LogP contribution in [0.4, 0.5) is 10.1 Å². The minimum absolute atomic E-state index is 0.00383. The number of nitrogens with zero attached hydrogens (tertiary/aromatic N) is 2. The van der Waals surface area contributed by atoms with Crippen LogP contribution in [0.25, 0.3) is 0 Å². The van der Waals surface area contributed by atoms with Crippen molar-refractivity contribution >= 4 is 27.5 Å². The smallest absolute Gasteiger partial charge is 0.258 e. The largest absolute Gasteiger partial charge is 0.490 e. The fourth-order valence-electron chi connectivity index (χ4n) is 6.21. The summed E-state index contributed by atoms with van der Waals surface area (Å²) in [5, 5.41) is 13.2. The van der Waals surface area contributed by atoms with E-state index in [0.717, 1.165) is 57.1 Å². The number of rotatable bonds is 8. The molecule has 2 aromatic carbocycles. The lowest BCUT2D eigenvalue weighted by Crippen LogP contribution is -2.48. The van der Waals surface area contributed by atoms with Crippen molar-refractivity contribution in [3.63, 3.8) is 0 Å². The van der Waals surface area contributed by atoms with Gasteiger partial charge in [-0.15, -0.1) is 0 Å². The SMILES string of the molecule is C[C@@H]1CCCCO[C@@H](CN(C)S(=O)(=O)c2ccc(F)cc2)[C@H](C)CN([C@@H](C)CO)C(=O)c2cc(NC(=O)C3CCCCC3)ccc2O1. The van der Waals surface area contributed by atoms with Crippen LogP contribution in [0.2, 0.25) is 0 Å². The Morgan fingerprint density at radius 2 is 1.74 bits per heavy atom. The van der Waals surface area contributed by atoms with Crippen molar-refractivity contribution in [1.82, 2.24) is 9.21 Å². The number of amides is 2. The Morgan fingerprint density at radius 1 is 1.06 bits per heavy atom. The van der Waals surface area contributed by atoms with Crippen molar-refractivity contribution in [2.24, 2.45) is 11.8 Å². The summed E-state index contributed by atoms with van der Waals surface area (Å²) in [7, 11) is -2.48. The molecule has 2 aliphatic rings. The molecule has 4 rings (SSSR count).